The number of rotatable bonds is 7. The summed E-state index contributed by atoms with van der Waals surface area (Å²) >= 11 is 0. The van der Waals surface area contributed by atoms with Gasteiger partial charge in [0.15, 0.2) is 0 Å². The van der Waals surface area contributed by atoms with E-state index < -0.39 is 0 Å². The molecule has 0 atom stereocenters. The highest BCUT2D eigenvalue weighted by Gasteiger charge is 2.18. The number of aliphatic hydroxyl groups is 1. The molecule has 0 aliphatic heterocycles. The first kappa shape index (κ1) is 19.1. The van der Waals surface area contributed by atoms with E-state index in [0.717, 1.165) is 11.1 Å². The van der Waals surface area contributed by atoms with Gasteiger partial charge in [0.2, 0.25) is 0 Å². The molecule has 0 spiro atoms. The third kappa shape index (κ3) is 5.14. The highest BCUT2D eigenvalue weighted by Crippen LogP contribution is 2.17. The quantitative estimate of drug-likeness (QED) is 0.779. The zero-order valence-corrected chi connectivity index (χ0v) is 15.3. The van der Waals surface area contributed by atoms with Crippen molar-refractivity contribution in [2.75, 3.05) is 13.2 Å². The standard InChI is InChI=1S/C19H26N2O4/c1-14-17(11-20-21(18(14)23)19(2,3)4)25-13-16-7-5-15(6-8-16)12-24-10-9-22/h5-8,11,22H,9-10,12-13H2,1-4H3. The van der Waals surface area contributed by atoms with E-state index in [4.69, 9.17) is 14.6 Å². The molecule has 136 valence electrons. The molecule has 25 heavy (non-hydrogen) atoms. The third-order valence-corrected chi connectivity index (χ3v) is 3.73. The predicted octanol–water partition coefficient (Wildman–Crippen LogP) is 2.39. The van der Waals surface area contributed by atoms with E-state index in [2.05, 4.69) is 5.10 Å². The van der Waals surface area contributed by atoms with Crippen molar-refractivity contribution in [1.82, 2.24) is 9.78 Å². The summed E-state index contributed by atoms with van der Waals surface area (Å²) in [5.41, 5.74) is 2.07. The van der Waals surface area contributed by atoms with Crippen LogP contribution in [-0.4, -0.2) is 28.1 Å². The highest BCUT2D eigenvalue weighted by atomic mass is 16.5. The molecule has 0 fully saturated rings. The SMILES string of the molecule is Cc1c(OCc2ccc(COCCO)cc2)cnn(C(C)(C)C)c1=O. The fourth-order valence-corrected chi connectivity index (χ4v) is 2.29. The van der Waals surface area contributed by atoms with E-state index in [-0.39, 0.29) is 17.7 Å². The molecule has 1 aromatic carbocycles. The van der Waals surface area contributed by atoms with Crippen molar-refractivity contribution in [3.8, 4) is 5.75 Å². The zero-order valence-electron chi connectivity index (χ0n) is 15.3. The topological polar surface area (TPSA) is 73.6 Å². The summed E-state index contributed by atoms with van der Waals surface area (Å²) in [6, 6.07) is 7.82. The Bertz CT molecular complexity index is 745. The summed E-state index contributed by atoms with van der Waals surface area (Å²) in [6.07, 6.45) is 1.60. The molecule has 2 aromatic rings. The van der Waals surface area contributed by atoms with E-state index in [1.165, 1.54) is 4.68 Å². The first-order chi connectivity index (χ1) is 11.8. The Labute approximate surface area is 148 Å². The van der Waals surface area contributed by atoms with Crippen molar-refractivity contribution in [3.63, 3.8) is 0 Å². The molecule has 1 heterocycles. The first-order valence-corrected chi connectivity index (χ1v) is 8.31. The van der Waals surface area contributed by atoms with Crippen LogP contribution in [0.25, 0.3) is 0 Å². The molecule has 0 unspecified atom stereocenters. The van der Waals surface area contributed by atoms with Gasteiger partial charge in [0.25, 0.3) is 5.56 Å². The second-order valence-electron chi connectivity index (χ2n) is 6.90. The van der Waals surface area contributed by atoms with Crippen LogP contribution in [0.1, 0.15) is 37.5 Å². The van der Waals surface area contributed by atoms with Crippen molar-refractivity contribution < 1.29 is 14.6 Å². The molecule has 1 N–H and O–H groups in total. The Morgan fingerprint density at radius 2 is 1.72 bits per heavy atom. The minimum atomic E-state index is -0.367. The molecule has 0 saturated heterocycles. The van der Waals surface area contributed by atoms with Crippen LogP contribution in [0, 0.1) is 6.92 Å². The van der Waals surface area contributed by atoms with Gasteiger partial charge in [-0.05, 0) is 38.8 Å². The number of hydrogen-bond acceptors (Lipinski definition) is 5. The minimum absolute atomic E-state index is 0.0211. The average Bonchev–Trinajstić information content (AvgIpc) is 2.56. The van der Waals surface area contributed by atoms with Crippen molar-refractivity contribution >= 4 is 0 Å². The number of nitrogens with zero attached hydrogens (tertiary/aromatic N) is 2. The molecule has 0 bridgehead atoms. The summed E-state index contributed by atoms with van der Waals surface area (Å²) in [6.45, 7) is 8.75. The highest BCUT2D eigenvalue weighted by molar-refractivity contribution is 5.28. The van der Waals surface area contributed by atoms with E-state index in [1.807, 2.05) is 45.0 Å². The molecule has 0 amide bonds. The van der Waals surface area contributed by atoms with Gasteiger partial charge in [0, 0.05) is 0 Å². The first-order valence-electron chi connectivity index (χ1n) is 8.31. The maximum atomic E-state index is 12.4. The number of hydrogen-bond donors (Lipinski definition) is 1. The summed E-state index contributed by atoms with van der Waals surface area (Å²) in [7, 11) is 0. The second kappa shape index (κ2) is 8.27. The number of aliphatic hydroxyl groups excluding tert-OH is 1. The maximum absolute atomic E-state index is 12.4. The minimum Gasteiger partial charge on any atom is -0.487 e. The van der Waals surface area contributed by atoms with Crippen LogP contribution in [0.4, 0.5) is 0 Å². The van der Waals surface area contributed by atoms with Crippen LogP contribution in [0.2, 0.25) is 0 Å². The molecule has 2 rings (SSSR count). The normalized spacial score (nSPS) is 11.6. The smallest absolute Gasteiger partial charge is 0.273 e. The molecule has 1 aromatic heterocycles. The lowest BCUT2D eigenvalue weighted by molar-refractivity contribution is 0.0815. The lowest BCUT2D eigenvalue weighted by Crippen LogP contribution is -2.37. The molecule has 6 nitrogen and oxygen atoms in total. The summed E-state index contributed by atoms with van der Waals surface area (Å²) < 4.78 is 12.5. The van der Waals surface area contributed by atoms with Crippen LogP contribution in [-0.2, 0) is 23.5 Å². The number of benzene rings is 1. The predicted molar refractivity (Wildman–Crippen MR) is 95.7 cm³/mol. The van der Waals surface area contributed by atoms with Gasteiger partial charge in [-0.25, -0.2) is 4.68 Å². The van der Waals surface area contributed by atoms with E-state index in [0.29, 0.717) is 31.1 Å². The molecule has 6 heteroatoms. The summed E-state index contributed by atoms with van der Waals surface area (Å²) in [5.74, 6) is 0.501. The molecule has 0 aliphatic carbocycles. The van der Waals surface area contributed by atoms with E-state index in [1.54, 1.807) is 13.1 Å². The Kier molecular flexibility index (Phi) is 6.33. The van der Waals surface area contributed by atoms with Gasteiger partial charge in [-0.1, -0.05) is 24.3 Å². The third-order valence-electron chi connectivity index (χ3n) is 3.73. The molecule has 0 radical (unpaired) electrons. The largest absolute Gasteiger partial charge is 0.487 e. The zero-order chi connectivity index (χ0) is 18.4. The summed E-state index contributed by atoms with van der Waals surface area (Å²) in [5, 5.41) is 12.9. The fraction of sp³-hybridized carbons (Fsp3) is 0.474. The van der Waals surface area contributed by atoms with Gasteiger partial charge in [0.1, 0.15) is 12.4 Å². The Hall–Kier alpha value is -2.18. The number of aromatic nitrogens is 2. The van der Waals surface area contributed by atoms with Crippen LogP contribution < -0.4 is 10.3 Å². The lowest BCUT2D eigenvalue weighted by Gasteiger charge is -2.21. The van der Waals surface area contributed by atoms with Crippen LogP contribution in [0.15, 0.2) is 35.3 Å². The van der Waals surface area contributed by atoms with Gasteiger partial charge in [0.05, 0.1) is 37.1 Å². The Morgan fingerprint density at radius 3 is 2.28 bits per heavy atom. The monoisotopic (exact) mass is 346 g/mol. The van der Waals surface area contributed by atoms with Gasteiger partial charge in [-0.15, -0.1) is 0 Å². The maximum Gasteiger partial charge on any atom is 0.273 e. The molecule has 0 aliphatic rings. The molecular weight excluding hydrogens is 320 g/mol. The van der Waals surface area contributed by atoms with E-state index in [9.17, 15) is 4.79 Å². The van der Waals surface area contributed by atoms with Crippen molar-refractivity contribution in [2.45, 2.75) is 46.4 Å². The summed E-state index contributed by atoms with van der Waals surface area (Å²) in [4.78, 5) is 12.4. The fourth-order valence-electron chi connectivity index (χ4n) is 2.29. The van der Waals surface area contributed by atoms with Crippen molar-refractivity contribution in [1.29, 1.82) is 0 Å². The van der Waals surface area contributed by atoms with Crippen LogP contribution >= 0.6 is 0 Å². The molecular formula is C19H26N2O4. The van der Waals surface area contributed by atoms with Crippen LogP contribution in [0.5, 0.6) is 5.75 Å². The van der Waals surface area contributed by atoms with Crippen molar-refractivity contribution in [3.05, 3.63) is 57.5 Å². The Balaban J connectivity index is 2.02. The van der Waals surface area contributed by atoms with Crippen LogP contribution in [0.3, 0.4) is 0 Å². The van der Waals surface area contributed by atoms with Gasteiger partial charge in [-0.3, -0.25) is 4.79 Å². The van der Waals surface area contributed by atoms with E-state index >= 15 is 0 Å². The average molecular weight is 346 g/mol. The number of ether oxygens (including phenoxy) is 2. The second-order valence-corrected chi connectivity index (χ2v) is 6.90. The van der Waals surface area contributed by atoms with Crippen molar-refractivity contribution in [2.24, 2.45) is 0 Å². The lowest BCUT2D eigenvalue weighted by atomic mass is 10.1. The van der Waals surface area contributed by atoms with Gasteiger partial charge >= 0.3 is 0 Å². The molecule has 0 saturated carbocycles. The van der Waals surface area contributed by atoms with Gasteiger partial charge in [-0.2, -0.15) is 5.10 Å². The van der Waals surface area contributed by atoms with Gasteiger partial charge < -0.3 is 14.6 Å². The Morgan fingerprint density at radius 1 is 1.12 bits per heavy atom.